The van der Waals surface area contributed by atoms with E-state index in [1.807, 2.05) is 6.07 Å². The van der Waals surface area contributed by atoms with E-state index < -0.39 is 0 Å². The molecule has 1 heterocycles. The Hall–Kier alpha value is -1.22. The van der Waals surface area contributed by atoms with Gasteiger partial charge in [0.05, 0.1) is 6.61 Å². The zero-order chi connectivity index (χ0) is 11.5. The lowest BCUT2D eigenvalue weighted by Crippen LogP contribution is -2.04. The summed E-state index contributed by atoms with van der Waals surface area (Å²) in [6.45, 7) is 5.67. The molecule has 1 fully saturated rings. The number of hydrogen-bond donors (Lipinski definition) is 1. The predicted molar refractivity (Wildman–Crippen MR) is 61.9 cm³/mol. The van der Waals surface area contributed by atoms with Gasteiger partial charge in [-0.3, -0.25) is 0 Å². The molecule has 1 N–H and O–H groups in total. The molecular weight excluding hydrogens is 204 g/mol. The average molecular weight is 222 g/mol. The number of ether oxygens (including phenoxy) is 2. The van der Waals surface area contributed by atoms with Gasteiger partial charge in [0.1, 0.15) is 24.2 Å². The monoisotopic (exact) mass is 222 g/mol. The van der Waals surface area contributed by atoms with Gasteiger partial charge in [0, 0.05) is 6.07 Å². The van der Waals surface area contributed by atoms with Crippen molar-refractivity contribution in [2.45, 2.75) is 26.4 Å². The topological polar surface area (TPSA) is 42.0 Å². The maximum Gasteiger partial charge on any atom is 0.123 e. The van der Waals surface area contributed by atoms with E-state index in [4.69, 9.17) is 9.47 Å². The molecule has 3 heteroatoms. The van der Waals surface area contributed by atoms with E-state index in [0.717, 1.165) is 24.3 Å². The second kappa shape index (κ2) is 4.74. The van der Waals surface area contributed by atoms with Gasteiger partial charge in [-0.1, -0.05) is 13.8 Å². The molecule has 0 amide bonds. The molecule has 0 spiro atoms. The third-order valence-electron chi connectivity index (χ3n) is 2.43. The first kappa shape index (κ1) is 11.3. The molecule has 1 atom stereocenters. The minimum absolute atomic E-state index is 0.246. The van der Waals surface area contributed by atoms with Gasteiger partial charge in [0.2, 0.25) is 0 Å². The zero-order valence-corrected chi connectivity index (χ0v) is 9.77. The van der Waals surface area contributed by atoms with Crippen LogP contribution in [0.4, 0.5) is 0 Å². The molecule has 88 valence electrons. The Labute approximate surface area is 96.0 Å². The van der Waals surface area contributed by atoms with Crippen molar-refractivity contribution in [3.63, 3.8) is 0 Å². The standard InChI is InChI=1S/C13H18O3/c1-9(2)3-10-4-11(14)6-12(5-10)15-7-13-8-16-13/h4-6,9,13-14H,3,7-8H2,1-2H3. The van der Waals surface area contributed by atoms with Crippen LogP contribution in [0.5, 0.6) is 11.5 Å². The second-order valence-corrected chi connectivity index (χ2v) is 4.70. The van der Waals surface area contributed by atoms with E-state index in [9.17, 15) is 5.11 Å². The van der Waals surface area contributed by atoms with Crippen LogP contribution in [-0.4, -0.2) is 24.4 Å². The highest BCUT2D eigenvalue weighted by Gasteiger charge is 2.23. The molecule has 0 aromatic heterocycles. The maximum atomic E-state index is 9.58. The average Bonchev–Trinajstić information content (AvgIpc) is 2.95. The summed E-state index contributed by atoms with van der Waals surface area (Å²) in [6.07, 6.45) is 1.20. The molecule has 3 nitrogen and oxygen atoms in total. The lowest BCUT2D eigenvalue weighted by Gasteiger charge is -2.09. The number of phenolic OH excluding ortho intramolecular Hbond substituents is 1. The van der Waals surface area contributed by atoms with Crippen molar-refractivity contribution in [2.24, 2.45) is 5.92 Å². The van der Waals surface area contributed by atoms with Gasteiger partial charge in [0.15, 0.2) is 0 Å². The molecule has 1 aliphatic heterocycles. The van der Waals surface area contributed by atoms with E-state index in [-0.39, 0.29) is 11.9 Å². The first-order valence-corrected chi connectivity index (χ1v) is 5.71. The normalized spacial score (nSPS) is 18.8. The molecule has 2 rings (SSSR count). The van der Waals surface area contributed by atoms with Crippen molar-refractivity contribution in [3.05, 3.63) is 23.8 Å². The van der Waals surface area contributed by atoms with Crippen LogP contribution >= 0.6 is 0 Å². The summed E-state index contributed by atoms with van der Waals surface area (Å²) in [6, 6.07) is 5.43. The largest absolute Gasteiger partial charge is 0.508 e. The first-order valence-electron chi connectivity index (χ1n) is 5.71. The van der Waals surface area contributed by atoms with Crippen molar-refractivity contribution in [1.29, 1.82) is 0 Å². The van der Waals surface area contributed by atoms with Crippen LogP contribution in [0.1, 0.15) is 19.4 Å². The van der Waals surface area contributed by atoms with Crippen LogP contribution in [0.2, 0.25) is 0 Å². The minimum atomic E-state index is 0.246. The highest BCUT2D eigenvalue weighted by atomic mass is 16.6. The molecule has 1 aromatic rings. The van der Waals surface area contributed by atoms with Gasteiger partial charge in [-0.05, 0) is 30.0 Å². The number of aromatic hydroxyl groups is 1. The first-order chi connectivity index (χ1) is 7.63. The second-order valence-electron chi connectivity index (χ2n) is 4.70. The molecule has 16 heavy (non-hydrogen) atoms. The molecule has 1 aromatic carbocycles. The highest BCUT2D eigenvalue weighted by molar-refractivity contribution is 5.37. The fraction of sp³-hybridized carbons (Fsp3) is 0.538. The Balaban J connectivity index is 2.01. The molecule has 0 aliphatic carbocycles. The van der Waals surface area contributed by atoms with Crippen LogP contribution in [0.25, 0.3) is 0 Å². The fourth-order valence-electron chi connectivity index (χ4n) is 1.67. The van der Waals surface area contributed by atoms with Crippen molar-refractivity contribution in [2.75, 3.05) is 13.2 Å². The summed E-state index contributed by atoms with van der Waals surface area (Å²) in [5.41, 5.74) is 1.11. The Morgan fingerprint density at radius 3 is 2.81 bits per heavy atom. The van der Waals surface area contributed by atoms with Gasteiger partial charge < -0.3 is 14.6 Å². The summed E-state index contributed by atoms with van der Waals surface area (Å²) in [4.78, 5) is 0. The lowest BCUT2D eigenvalue weighted by molar-refractivity contribution is 0.262. The molecule has 1 unspecified atom stereocenters. The van der Waals surface area contributed by atoms with Gasteiger partial charge in [-0.2, -0.15) is 0 Å². The molecule has 1 saturated heterocycles. The van der Waals surface area contributed by atoms with E-state index in [1.165, 1.54) is 0 Å². The summed E-state index contributed by atoms with van der Waals surface area (Å²) >= 11 is 0. The molecule has 0 bridgehead atoms. The van der Waals surface area contributed by atoms with E-state index >= 15 is 0 Å². The predicted octanol–water partition coefficient (Wildman–Crippen LogP) is 2.37. The van der Waals surface area contributed by atoms with Gasteiger partial charge >= 0.3 is 0 Å². The van der Waals surface area contributed by atoms with Crippen molar-refractivity contribution in [1.82, 2.24) is 0 Å². The van der Waals surface area contributed by atoms with Crippen LogP contribution in [-0.2, 0) is 11.2 Å². The summed E-state index contributed by atoms with van der Waals surface area (Å²) < 4.78 is 10.6. The minimum Gasteiger partial charge on any atom is -0.508 e. The molecule has 0 saturated carbocycles. The number of rotatable bonds is 5. The molecular formula is C13H18O3. The number of hydrogen-bond acceptors (Lipinski definition) is 3. The smallest absolute Gasteiger partial charge is 0.123 e. The van der Waals surface area contributed by atoms with Crippen LogP contribution < -0.4 is 4.74 Å². The summed E-state index contributed by atoms with van der Waals surface area (Å²) in [5.74, 6) is 1.57. The van der Waals surface area contributed by atoms with Crippen molar-refractivity contribution < 1.29 is 14.6 Å². The van der Waals surface area contributed by atoms with E-state index in [0.29, 0.717) is 12.5 Å². The van der Waals surface area contributed by atoms with Gasteiger partial charge in [-0.15, -0.1) is 0 Å². The lowest BCUT2D eigenvalue weighted by atomic mass is 10.0. The Bertz CT molecular complexity index is 356. The Kier molecular flexibility index (Phi) is 3.34. The van der Waals surface area contributed by atoms with E-state index in [1.54, 1.807) is 12.1 Å². The van der Waals surface area contributed by atoms with Gasteiger partial charge in [-0.25, -0.2) is 0 Å². The number of benzene rings is 1. The van der Waals surface area contributed by atoms with E-state index in [2.05, 4.69) is 13.8 Å². The molecule has 1 aliphatic rings. The Morgan fingerprint density at radius 2 is 2.19 bits per heavy atom. The molecule has 0 radical (unpaired) electrons. The summed E-state index contributed by atoms with van der Waals surface area (Å²) in [5, 5.41) is 9.58. The highest BCUT2D eigenvalue weighted by Crippen LogP contribution is 2.24. The number of phenols is 1. The maximum absolute atomic E-state index is 9.58. The fourth-order valence-corrected chi connectivity index (χ4v) is 1.67. The summed E-state index contributed by atoms with van der Waals surface area (Å²) in [7, 11) is 0. The SMILES string of the molecule is CC(C)Cc1cc(O)cc(OCC2CO2)c1. The van der Waals surface area contributed by atoms with Crippen molar-refractivity contribution >= 4 is 0 Å². The zero-order valence-electron chi connectivity index (χ0n) is 9.77. The third kappa shape index (κ3) is 3.42. The van der Waals surface area contributed by atoms with Crippen LogP contribution in [0.3, 0.4) is 0 Å². The Morgan fingerprint density at radius 1 is 1.44 bits per heavy atom. The van der Waals surface area contributed by atoms with Crippen molar-refractivity contribution in [3.8, 4) is 11.5 Å². The third-order valence-corrected chi connectivity index (χ3v) is 2.43. The quantitative estimate of drug-likeness (QED) is 0.778. The number of epoxide rings is 1. The van der Waals surface area contributed by atoms with Gasteiger partial charge in [0.25, 0.3) is 0 Å². The van der Waals surface area contributed by atoms with Crippen LogP contribution in [0, 0.1) is 5.92 Å². The van der Waals surface area contributed by atoms with Crippen LogP contribution in [0.15, 0.2) is 18.2 Å².